The van der Waals surface area contributed by atoms with Crippen LogP contribution in [0, 0.1) is 11.8 Å². The summed E-state index contributed by atoms with van der Waals surface area (Å²) in [6.45, 7) is 4.66. The maximum atomic E-state index is 11.9. The van der Waals surface area contributed by atoms with Crippen molar-refractivity contribution in [1.29, 1.82) is 0 Å². The molecule has 4 heterocycles. The number of nitrogens with zero attached hydrogens (tertiary/aromatic N) is 1. The summed E-state index contributed by atoms with van der Waals surface area (Å²) < 4.78 is 5.68. The summed E-state index contributed by atoms with van der Waals surface area (Å²) in [5, 5.41) is 3.57. The Labute approximate surface area is 153 Å². The van der Waals surface area contributed by atoms with Crippen LogP contribution in [0.1, 0.15) is 25.3 Å². The highest BCUT2D eigenvalue weighted by molar-refractivity contribution is 8.05. The zero-order valence-electron chi connectivity index (χ0n) is 14.7. The van der Waals surface area contributed by atoms with Crippen LogP contribution >= 0.6 is 11.8 Å². The summed E-state index contributed by atoms with van der Waals surface area (Å²) in [6, 6.07) is 8.57. The predicted molar refractivity (Wildman–Crippen MR) is 99.9 cm³/mol. The van der Waals surface area contributed by atoms with Crippen LogP contribution in [0.3, 0.4) is 0 Å². The lowest BCUT2D eigenvalue weighted by Gasteiger charge is -2.56. The van der Waals surface area contributed by atoms with Gasteiger partial charge in [0.25, 0.3) is 5.91 Å². The Balaban J connectivity index is 1.82. The van der Waals surface area contributed by atoms with Crippen molar-refractivity contribution < 1.29 is 9.53 Å². The van der Waals surface area contributed by atoms with E-state index in [9.17, 15) is 4.79 Å². The quantitative estimate of drug-likeness (QED) is 0.863. The molecule has 5 nitrogen and oxygen atoms in total. The number of hydrogen-bond acceptors (Lipinski definition) is 5. The van der Waals surface area contributed by atoms with Crippen LogP contribution in [0.4, 0.5) is 0 Å². The van der Waals surface area contributed by atoms with E-state index < -0.39 is 4.87 Å². The molecule has 4 aliphatic heterocycles. The van der Waals surface area contributed by atoms with Gasteiger partial charge in [0.2, 0.25) is 0 Å². The number of hydrogen-bond donors (Lipinski definition) is 2. The largest absolute Gasteiger partial charge is 0.496 e. The smallest absolute Gasteiger partial charge is 0.256 e. The number of benzene rings is 1. The monoisotopic (exact) mass is 359 g/mol. The Kier molecular flexibility index (Phi) is 4.20. The lowest BCUT2D eigenvalue weighted by atomic mass is 9.69. The van der Waals surface area contributed by atoms with Crippen molar-refractivity contribution in [3.63, 3.8) is 0 Å². The molecule has 1 aromatic rings. The lowest BCUT2D eigenvalue weighted by molar-refractivity contribution is -0.113. The molecule has 1 amide bonds. The standard InChI is InChI=1S/C19H25N3O2S/c1-12-17(13-7-9-22(12)10-8-13)19(21-11-16(25-19)18(20)23)14-5-3-4-6-15(14)24-2/h3-6,11-13,17,21H,7-10H2,1-2H3,(H2,20,23)/t12-,17-,19?/m0/s1. The SMILES string of the molecule is COc1ccccc1C1([C@@H]2C3CCN(CC3)[C@H]2C)NC=C(C(N)=O)S1. The average molecular weight is 359 g/mol. The number of nitrogens with one attached hydrogen (secondary N) is 1. The van der Waals surface area contributed by atoms with Crippen LogP contribution in [0.5, 0.6) is 5.75 Å². The van der Waals surface area contributed by atoms with E-state index in [1.54, 1.807) is 25.1 Å². The molecule has 25 heavy (non-hydrogen) atoms. The minimum atomic E-state index is -0.417. The highest BCUT2D eigenvalue weighted by atomic mass is 32.2. The Bertz CT molecular complexity index is 712. The number of piperidine rings is 3. The second-order valence-electron chi connectivity index (χ2n) is 7.19. The molecule has 0 aromatic heterocycles. The van der Waals surface area contributed by atoms with Crippen LogP contribution in [0.15, 0.2) is 35.4 Å². The summed E-state index contributed by atoms with van der Waals surface area (Å²) in [5.74, 6) is 1.49. The molecule has 3 fully saturated rings. The molecular formula is C19H25N3O2S. The van der Waals surface area contributed by atoms with Crippen molar-refractivity contribution in [3.8, 4) is 5.75 Å². The van der Waals surface area contributed by atoms with Crippen LogP contribution in [0.2, 0.25) is 0 Å². The molecule has 0 spiro atoms. The second kappa shape index (κ2) is 6.25. The Morgan fingerprint density at radius 3 is 2.68 bits per heavy atom. The first-order chi connectivity index (χ1) is 12.1. The molecule has 1 unspecified atom stereocenters. The number of nitrogens with two attached hydrogens (primary N) is 1. The molecule has 3 saturated heterocycles. The summed E-state index contributed by atoms with van der Waals surface area (Å²) in [6.07, 6.45) is 4.21. The van der Waals surface area contributed by atoms with Crippen LogP contribution in [-0.2, 0) is 9.67 Å². The number of methoxy groups -OCH3 is 1. The van der Waals surface area contributed by atoms with E-state index in [1.807, 2.05) is 18.2 Å². The van der Waals surface area contributed by atoms with Gasteiger partial charge in [-0.3, -0.25) is 4.79 Å². The number of carbonyl (C=O) groups excluding carboxylic acids is 1. The van der Waals surface area contributed by atoms with Gasteiger partial charge in [0, 0.05) is 23.7 Å². The second-order valence-corrected chi connectivity index (χ2v) is 8.48. The number of thioether (sulfide) groups is 1. The molecule has 0 saturated carbocycles. The van der Waals surface area contributed by atoms with Gasteiger partial charge in [-0.2, -0.15) is 0 Å². The Morgan fingerprint density at radius 1 is 1.36 bits per heavy atom. The fourth-order valence-corrected chi connectivity index (χ4v) is 6.42. The molecule has 134 valence electrons. The van der Waals surface area contributed by atoms with Crippen molar-refractivity contribution >= 4 is 17.7 Å². The van der Waals surface area contributed by atoms with E-state index in [0.717, 1.165) is 11.3 Å². The van der Waals surface area contributed by atoms with E-state index in [2.05, 4.69) is 23.2 Å². The molecule has 6 heteroatoms. The van der Waals surface area contributed by atoms with Crippen molar-refractivity contribution in [3.05, 3.63) is 40.9 Å². The topological polar surface area (TPSA) is 67.6 Å². The molecule has 0 radical (unpaired) electrons. The van der Waals surface area contributed by atoms with Crippen LogP contribution < -0.4 is 15.8 Å². The third kappa shape index (κ3) is 2.54. The van der Waals surface area contributed by atoms with E-state index in [1.165, 1.54) is 25.9 Å². The summed E-state index contributed by atoms with van der Waals surface area (Å²) >= 11 is 1.57. The Hall–Kier alpha value is -1.66. The van der Waals surface area contributed by atoms with Crippen LogP contribution in [-0.4, -0.2) is 37.0 Å². The van der Waals surface area contributed by atoms with Crippen molar-refractivity contribution in [2.45, 2.75) is 30.7 Å². The number of rotatable bonds is 4. The fourth-order valence-electron chi connectivity index (χ4n) is 4.93. The first kappa shape index (κ1) is 16.8. The third-order valence-electron chi connectivity index (χ3n) is 6.09. The lowest BCUT2D eigenvalue weighted by Crippen LogP contribution is -2.61. The maximum absolute atomic E-state index is 11.9. The number of fused-ring (bicyclic) bond motifs is 3. The summed E-state index contributed by atoms with van der Waals surface area (Å²) in [5.41, 5.74) is 6.70. The molecule has 5 rings (SSSR count). The van der Waals surface area contributed by atoms with Gasteiger partial charge in [-0.25, -0.2) is 0 Å². The van der Waals surface area contributed by atoms with Gasteiger partial charge < -0.3 is 20.7 Å². The van der Waals surface area contributed by atoms with Gasteiger partial charge in [-0.1, -0.05) is 30.0 Å². The summed E-state index contributed by atoms with van der Waals surface area (Å²) in [7, 11) is 1.70. The average Bonchev–Trinajstić information content (AvgIpc) is 3.09. The van der Waals surface area contributed by atoms with Gasteiger partial charge in [0.15, 0.2) is 0 Å². The van der Waals surface area contributed by atoms with Crippen molar-refractivity contribution in [2.24, 2.45) is 17.6 Å². The molecule has 1 aromatic carbocycles. The molecule has 0 aliphatic carbocycles. The zero-order chi connectivity index (χ0) is 17.6. The van der Waals surface area contributed by atoms with Crippen molar-refractivity contribution in [2.75, 3.05) is 20.2 Å². The first-order valence-corrected chi connectivity index (χ1v) is 9.72. The molecule has 4 aliphatic rings. The number of primary amides is 1. The van der Waals surface area contributed by atoms with Gasteiger partial charge in [-0.05, 0) is 44.8 Å². The fraction of sp³-hybridized carbons (Fsp3) is 0.526. The molecule has 3 N–H and O–H groups in total. The minimum absolute atomic E-state index is 0.372. The van der Waals surface area contributed by atoms with Crippen LogP contribution in [0.25, 0.3) is 0 Å². The van der Waals surface area contributed by atoms with Gasteiger partial charge in [0.1, 0.15) is 10.6 Å². The molecule has 3 atom stereocenters. The number of para-hydroxylation sites is 1. The van der Waals surface area contributed by atoms with E-state index in [0.29, 0.717) is 22.8 Å². The number of ether oxygens (including phenoxy) is 1. The van der Waals surface area contributed by atoms with E-state index in [-0.39, 0.29) is 5.91 Å². The maximum Gasteiger partial charge on any atom is 0.256 e. The first-order valence-electron chi connectivity index (χ1n) is 8.91. The predicted octanol–water partition coefficient (Wildman–Crippen LogP) is 2.24. The highest BCUT2D eigenvalue weighted by Crippen LogP contribution is 2.57. The van der Waals surface area contributed by atoms with Gasteiger partial charge in [-0.15, -0.1) is 0 Å². The van der Waals surface area contributed by atoms with Crippen molar-refractivity contribution in [1.82, 2.24) is 10.2 Å². The number of carbonyl (C=O) groups is 1. The zero-order valence-corrected chi connectivity index (χ0v) is 15.5. The third-order valence-corrected chi connectivity index (χ3v) is 7.56. The van der Waals surface area contributed by atoms with Gasteiger partial charge in [0.05, 0.1) is 12.0 Å². The highest BCUT2D eigenvalue weighted by Gasteiger charge is 2.55. The molecular weight excluding hydrogens is 334 g/mol. The summed E-state index contributed by atoms with van der Waals surface area (Å²) in [4.78, 5) is 14.6. The van der Waals surface area contributed by atoms with Gasteiger partial charge >= 0.3 is 0 Å². The normalized spacial score (nSPS) is 36.6. The van der Waals surface area contributed by atoms with E-state index in [4.69, 9.17) is 10.5 Å². The van der Waals surface area contributed by atoms with E-state index >= 15 is 0 Å². The Morgan fingerprint density at radius 2 is 2.08 bits per heavy atom. The molecule has 2 bridgehead atoms. The number of amides is 1. The minimum Gasteiger partial charge on any atom is -0.496 e.